The number of carbonyl (C=O) groups is 1. The van der Waals surface area contributed by atoms with Crippen molar-refractivity contribution in [2.45, 2.75) is 32.2 Å². The summed E-state index contributed by atoms with van der Waals surface area (Å²) in [6.07, 6.45) is -4.88. The number of aromatic nitrogens is 2. The number of hydrogen-bond donors (Lipinski definition) is 3. The average Bonchev–Trinajstić information content (AvgIpc) is 2.51. The zero-order valence-electron chi connectivity index (χ0n) is 13.4. The zero-order chi connectivity index (χ0) is 19.0. The van der Waals surface area contributed by atoms with E-state index in [-0.39, 0.29) is 15.9 Å². The molecule has 2 aromatic rings. The van der Waals surface area contributed by atoms with Crippen molar-refractivity contribution in [1.29, 1.82) is 0 Å². The van der Waals surface area contributed by atoms with Crippen molar-refractivity contribution in [2.24, 2.45) is 0 Å². The number of rotatable bonds is 4. The second-order valence-corrected chi connectivity index (χ2v) is 6.08. The summed E-state index contributed by atoms with van der Waals surface area (Å²) in [6, 6.07) is 4.04. The van der Waals surface area contributed by atoms with E-state index in [1.165, 1.54) is 22.8 Å². The van der Waals surface area contributed by atoms with Gasteiger partial charge in [0.1, 0.15) is 0 Å². The molecule has 6 nitrogen and oxygen atoms in total. The maximum atomic E-state index is 12.6. The van der Waals surface area contributed by atoms with Crippen LogP contribution < -0.4 is 10.9 Å². The zero-order valence-corrected chi connectivity index (χ0v) is 14.2. The van der Waals surface area contributed by atoms with Crippen molar-refractivity contribution >= 4 is 29.0 Å². The first-order valence-corrected chi connectivity index (χ1v) is 7.73. The molecule has 0 saturated carbocycles. The number of halogens is 3. The fourth-order valence-electron chi connectivity index (χ4n) is 2.14. The number of nitrogens with one attached hydrogen (secondary N) is 2. The number of benzene rings is 1. The summed E-state index contributed by atoms with van der Waals surface area (Å²) in [4.78, 5) is 27.1. The van der Waals surface area contributed by atoms with Crippen LogP contribution in [0.2, 0.25) is 0 Å². The van der Waals surface area contributed by atoms with Gasteiger partial charge < -0.3 is 15.4 Å². The molecule has 0 radical (unpaired) electrons. The smallest absolute Gasteiger partial charge is 0.379 e. The topological polar surface area (TPSA) is 87.1 Å². The summed E-state index contributed by atoms with van der Waals surface area (Å²) in [7, 11) is 0. The summed E-state index contributed by atoms with van der Waals surface area (Å²) in [5.74, 6) is -0.814. The minimum atomic E-state index is -4.88. The van der Waals surface area contributed by atoms with Crippen LogP contribution in [-0.2, 0) is 6.54 Å². The van der Waals surface area contributed by atoms with Gasteiger partial charge in [0.15, 0.2) is 10.4 Å². The molecule has 0 fully saturated rings. The quantitative estimate of drug-likeness (QED) is 0.715. The summed E-state index contributed by atoms with van der Waals surface area (Å²) in [5.41, 5.74) is -3.04. The number of aliphatic hydroxyl groups is 1. The molecule has 10 heteroatoms. The van der Waals surface area contributed by atoms with Crippen molar-refractivity contribution < 1.29 is 23.1 Å². The van der Waals surface area contributed by atoms with Gasteiger partial charge >= 0.3 is 6.18 Å². The van der Waals surface area contributed by atoms with Gasteiger partial charge in [-0.25, -0.2) is 0 Å². The van der Waals surface area contributed by atoms with E-state index in [4.69, 9.17) is 12.2 Å². The predicted octanol–water partition coefficient (Wildman–Crippen LogP) is 2.12. The molecule has 1 aromatic carbocycles. The number of hydrogen-bond acceptors (Lipinski definition) is 4. The Bertz CT molecular complexity index is 931. The maximum absolute atomic E-state index is 12.6. The van der Waals surface area contributed by atoms with E-state index in [2.05, 4.69) is 4.98 Å². The van der Waals surface area contributed by atoms with Gasteiger partial charge in [0.25, 0.3) is 11.5 Å². The van der Waals surface area contributed by atoms with E-state index in [9.17, 15) is 27.9 Å². The molecule has 1 amide bonds. The number of nitrogens with zero attached hydrogens (tertiary/aromatic N) is 1. The van der Waals surface area contributed by atoms with Crippen LogP contribution in [0.5, 0.6) is 0 Å². The van der Waals surface area contributed by atoms with Gasteiger partial charge in [-0.05, 0) is 44.3 Å². The molecule has 0 aliphatic heterocycles. The number of H-pyrrole nitrogens is 1. The number of aromatic amines is 1. The minimum Gasteiger partial charge on any atom is -0.379 e. The standard InChI is InChI=1S/C15H16F3N3O3S/c1-3-21-12(23)9-5-4-8(6-10(9)20-13(21)25)11(22)19-7-14(2,24)15(16,17)18/h4-6,24H,3,7H2,1-2H3,(H,19,22)(H,20,25). The van der Waals surface area contributed by atoms with Crippen molar-refractivity contribution in [3.8, 4) is 0 Å². The van der Waals surface area contributed by atoms with E-state index >= 15 is 0 Å². The van der Waals surface area contributed by atoms with Gasteiger partial charge in [-0.3, -0.25) is 14.2 Å². The molecule has 1 unspecified atom stereocenters. The van der Waals surface area contributed by atoms with Gasteiger partial charge in [-0.2, -0.15) is 13.2 Å². The fraction of sp³-hybridized carbons (Fsp3) is 0.400. The van der Waals surface area contributed by atoms with E-state index in [1.54, 1.807) is 6.92 Å². The first-order chi connectivity index (χ1) is 11.5. The third-order valence-corrected chi connectivity index (χ3v) is 4.09. The van der Waals surface area contributed by atoms with Crippen LogP contribution in [0.1, 0.15) is 24.2 Å². The van der Waals surface area contributed by atoms with Crippen LogP contribution in [0.3, 0.4) is 0 Å². The lowest BCUT2D eigenvalue weighted by Crippen LogP contribution is -2.51. The highest BCUT2D eigenvalue weighted by Gasteiger charge is 2.49. The van der Waals surface area contributed by atoms with Gasteiger partial charge in [0.05, 0.1) is 17.4 Å². The second-order valence-electron chi connectivity index (χ2n) is 5.69. The highest BCUT2D eigenvalue weighted by Crippen LogP contribution is 2.29. The van der Waals surface area contributed by atoms with E-state index in [0.717, 1.165) is 0 Å². The molecule has 0 bridgehead atoms. The Hall–Kier alpha value is -2.20. The van der Waals surface area contributed by atoms with Crippen LogP contribution in [-0.4, -0.2) is 38.9 Å². The molecule has 1 atom stereocenters. The van der Waals surface area contributed by atoms with E-state index < -0.39 is 24.2 Å². The molecule has 3 N–H and O–H groups in total. The van der Waals surface area contributed by atoms with Gasteiger partial charge in [0.2, 0.25) is 0 Å². The lowest BCUT2D eigenvalue weighted by molar-refractivity contribution is -0.249. The summed E-state index contributed by atoms with van der Waals surface area (Å²) in [5, 5.41) is 11.7. The van der Waals surface area contributed by atoms with E-state index in [0.29, 0.717) is 24.4 Å². The maximum Gasteiger partial charge on any atom is 0.418 e. The van der Waals surface area contributed by atoms with Gasteiger partial charge in [-0.15, -0.1) is 0 Å². The Morgan fingerprint density at radius 3 is 2.60 bits per heavy atom. The third kappa shape index (κ3) is 3.74. The molecule has 25 heavy (non-hydrogen) atoms. The first-order valence-electron chi connectivity index (χ1n) is 7.32. The fourth-order valence-corrected chi connectivity index (χ4v) is 2.46. The van der Waals surface area contributed by atoms with Crippen LogP contribution in [0, 0.1) is 4.77 Å². The van der Waals surface area contributed by atoms with Crippen LogP contribution in [0.15, 0.2) is 23.0 Å². The summed E-state index contributed by atoms with van der Waals surface area (Å²) < 4.78 is 39.3. The molecular formula is C15H16F3N3O3S. The first kappa shape index (κ1) is 19.1. The van der Waals surface area contributed by atoms with Gasteiger partial charge in [-0.1, -0.05) is 0 Å². The second kappa shape index (κ2) is 6.60. The minimum absolute atomic E-state index is 0.0322. The summed E-state index contributed by atoms with van der Waals surface area (Å²) >= 11 is 5.06. The van der Waals surface area contributed by atoms with Crippen molar-refractivity contribution in [2.75, 3.05) is 6.54 Å². The largest absolute Gasteiger partial charge is 0.418 e. The molecular weight excluding hydrogens is 359 g/mol. The van der Waals surface area contributed by atoms with Crippen molar-refractivity contribution in [3.05, 3.63) is 38.9 Å². The van der Waals surface area contributed by atoms with Crippen LogP contribution in [0.4, 0.5) is 13.2 Å². The molecule has 0 saturated heterocycles. The van der Waals surface area contributed by atoms with Crippen LogP contribution >= 0.6 is 12.2 Å². The van der Waals surface area contributed by atoms with Crippen molar-refractivity contribution in [3.63, 3.8) is 0 Å². The molecule has 1 aromatic heterocycles. The monoisotopic (exact) mass is 375 g/mol. The molecule has 1 heterocycles. The highest BCUT2D eigenvalue weighted by molar-refractivity contribution is 7.71. The molecule has 2 rings (SSSR count). The number of carbonyl (C=O) groups excluding carboxylic acids is 1. The Balaban J connectivity index is 2.32. The Kier molecular flexibility index (Phi) is 5.05. The molecule has 136 valence electrons. The number of alkyl halides is 3. The SMILES string of the molecule is CCn1c(=S)[nH]c2cc(C(=O)NCC(C)(O)C(F)(F)F)ccc2c1=O. The Labute approximate surface area is 145 Å². The average molecular weight is 375 g/mol. The van der Waals surface area contributed by atoms with Crippen molar-refractivity contribution in [1.82, 2.24) is 14.9 Å². The van der Waals surface area contributed by atoms with E-state index in [1.807, 2.05) is 5.32 Å². The van der Waals surface area contributed by atoms with Gasteiger partial charge in [0, 0.05) is 12.1 Å². The number of fused-ring (bicyclic) bond motifs is 1. The highest BCUT2D eigenvalue weighted by atomic mass is 32.1. The third-order valence-electron chi connectivity index (χ3n) is 3.76. The predicted molar refractivity (Wildman–Crippen MR) is 88.1 cm³/mol. The Morgan fingerprint density at radius 2 is 2.04 bits per heavy atom. The summed E-state index contributed by atoms with van der Waals surface area (Å²) in [6.45, 7) is 1.70. The molecule has 0 aliphatic rings. The number of amides is 1. The Morgan fingerprint density at radius 1 is 1.40 bits per heavy atom. The molecule has 0 aliphatic carbocycles. The lowest BCUT2D eigenvalue weighted by Gasteiger charge is -2.26. The molecule has 0 spiro atoms. The van der Waals surface area contributed by atoms with Crippen LogP contribution in [0.25, 0.3) is 10.9 Å². The lowest BCUT2D eigenvalue weighted by atomic mass is 10.1. The normalized spacial score (nSPS) is 14.3.